The van der Waals surface area contributed by atoms with Crippen LogP contribution in [0.2, 0.25) is 0 Å². The van der Waals surface area contributed by atoms with Gasteiger partial charge in [-0.3, -0.25) is 4.98 Å². The van der Waals surface area contributed by atoms with Gasteiger partial charge in [0.1, 0.15) is 5.75 Å². The standard InChI is InChI=1S/C29H28NS.C28H39N2O.Ir/c1-18(2)15-20-10-8-12-23-24-13-14-30-26(28(24)31-27(20)23)21-16-19-9-6-7-11-22(19)25(17-21)29(3,4)5;1-18(2)21-14-23(19(3)4)27(24(15-21)20(5)6)30-13-12-29(17-30)25-16-22(28(7,8)9)10-11-26(25)31;/h6-14,17-18H,15H2,1-5H3;10-20,31H,1-9H3;/q2*-1;. The van der Waals surface area contributed by atoms with Gasteiger partial charge in [-0.2, -0.15) is 0 Å². The van der Waals surface area contributed by atoms with E-state index < -0.39 is 0 Å². The molecule has 6 heteroatoms. The van der Waals surface area contributed by atoms with Gasteiger partial charge in [-0.15, -0.1) is 47.2 Å². The van der Waals surface area contributed by atoms with Crippen molar-refractivity contribution in [3.8, 4) is 17.0 Å². The van der Waals surface area contributed by atoms with Crippen molar-refractivity contribution in [2.45, 2.75) is 132 Å². The van der Waals surface area contributed by atoms with Gasteiger partial charge in [0.15, 0.2) is 0 Å². The molecule has 0 unspecified atom stereocenters. The largest absolute Gasteiger partial charge is 0.506 e. The summed E-state index contributed by atoms with van der Waals surface area (Å²) >= 11 is 1.89. The Morgan fingerprint density at radius 3 is 1.94 bits per heavy atom. The molecule has 333 valence electrons. The second kappa shape index (κ2) is 18.9. The van der Waals surface area contributed by atoms with Crippen molar-refractivity contribution in [2.24, 2.45) is 5.92 Å². The van der Waals surface area contributed by atoms with E-state index in [1.165, 1.54) is 64.6 Å². The van der Waals surface area contributed by atoms with Crippen molar-refractivity contribution in [2.75, 3.05) is 9.80 Å². The Labute approximate surface area is 395 Å². The van der Waals surface area contributed by atoms with Crippen LogP contribution in [0, 0.1) is 18.7 Å². The fourth-order valence-corrected chi connectivity index (χ4v) is 9.92. The summed E-state index contributed by atoms with van der Waals surface area (Å²) in [5, 5.41) is 15.7. The van der Waals surface area contributed by atoms with Crippen LogP contribution in [0.4, 0.5) is 11.4 Å². The smallest absolute Gasteiger partial charge is 0.136 e. The van der Waals surface area contributed by atoms with Crippen LogP contribution in [0.15, 0.2) is 104 Å². The van der Waals surface area contributed by atoms with E-state index >= 15 is 0 Å². The number of fused-ring (bicyclic) bond motifs is 4. The van der Waals surface area contributed by atoms with Crippen molar-refractivity contribution in [3.63, 3.8) is 0 Å². The molecule has 1 aliphatic heterocycles. The molecule has 0 bridgehead atoms. The molecule has 5 aromatic carbocycles. The normalized spacial score (nSPS) is 13.3. The number of hydrogen-bond donors (Lipinski definition) is 1. The molecule has 0 fully saturated rings. The van der Waals surface area contributed by atoms with Crippen molar-refractivity contribution < 1.29 is 25.2 Å². The zero-order valence-corrected chi connectivity index (χ0v) is 43.2. The van der Waals surface area contributed by atoms with Crippen LogP contribution in [0.5, 0.6) is 5.75 Å². The Bertz CT molecular complexity index is 2730. The second-order valence-electron chi connectivity index (χ2n) is 20.6. The quantitative estimate of drug-likeness (QED) is 0.154. The number of anilines is 2. The predicted octanol–water partition coefficient (Wildman–Crippen LogP) is 16.5. The molecular formula is C57H67IrN3OS-2. The fourth-order valence-electron chi connectivity index (χ4n) is 8.60. The van der Waals surface area contributed by atoms with Gasteiger partial charge >= 0.3 is 0 Å². The minimum atomic E-state index is 0. The first-order valence-electron chi connectivity index (χ1n) is 22.6. The molecule has 0 spiro atoms. The number of rotatable bonds is 8. The number of thiophene rings is 1. The van der Waals surface area contributed by atoms with Gasteiger partial charge in [-0.25, -0.2) is 0 Å². The van der Waals surface area contributed by atoms with E-state index in [2.05, 4.69) is 194 Å². The summed E-state index contributed by atoms with van der Waals surface area (Å²) in [6.45, 7) is 33.7. The third-order valence-corrected chi connectivity index (χ3v) is 13.4. The number of aromatic nitrogens is 1. The van der Waals surface area contributed by atoms with Gasteiger partial charge in [-0.05, 0) is 105 Å². The van der Waals surface area contributed by atoms with Crippen molar-refractivity contribution in [1.29, 1.82) is 0 Å². The molecule has 2 aromatic heterocycles. The topological polar surface area (TPSA) is 39.6 Å². The van der Waals surface area contributed by atoms with Gasteiger partial charge in [0, 0.05) is 52.5 Å². The van der Waals surface area contributed by atoms with E-state index in [0.717, 1.165) is 28.8 Å². The van der Waals surface area contributed by atoms with E-state index in [-0.39, 0.29) is 30.9 Å². The summed E-state index contributed by atoms with van der Waals surface area (Å²) < 4.78 is 2.66. The summed E-state index contributed by atoms with van der Waals surface area (Å²) in [4.78, 5) is 9.12. The third kappa shape index (κ3) is 10.1. The first-order chi connectivity index (χ1) is 29.2. The van der Waals surface area contributed by atoms with Crippen molar-refractivity contribution in [1.82, 2.24) is 4.98 Å². The number of benzene rings is 5. The van der Waals surface area contributed by atoms with E-state index in [1.807, 2.05) is 34.7 Å². The molecule has 0 aliphatic carbocycles. The molecule has 0 atom stereocenters. The molecule has 4 nitrogen and oxygen atoms in total. The summed E-state index contributed by atoms with van der Waals surface area (Å²) in [5.41, 5.74) is 12.4. The van der Waals surface area contributed by atoms with Crippen LogP contribution in [-0.2, 0) is 37.4 Å². The van der Waals surface area contributed by atoms with Crippen LogP contribution >= 0.6 is 11.3 Å². The van der Waals surface area contributed by atoms with Crippen molar-refractivity contribution in [3.05, 3.63) is 150 Å². The Kier molecular flexibility index (Phi) is 14.4. The number of hydrogen-bond acceptors (Lipinski definition) is 5. The summed E-state index contributed by atoms with van der Waals surface area (Å²) in [5.74, 6) is 2.26. The zero-order valence-electron chi connectivity index (χ0n) is 39.9. The maximum atomic E-state index is 10.6. The third-order valence-electron chi connectivity index (χ3n) is 12.1. The molecule has 1 radical (unpaired) electrons. The Morgan fingerprint density at radius 1 is 0.683 bits per heavy atom. The van der Waals surface area contributed by atoms with Crippen LogP contribution in [0.25, 0.3) is 42.2 Å². The zero-order chi connectivity index (χ0) is 44.8. The molecule has 3 heterocycles. The summed E-state index contributed by atoms with van der Waals surface area (Å²) in [7, 11) is 0. The maximum absolute atomic E-state index is 10.6. The number of pyridine rings is 1. The number of phenolic OH excluding ortho intramolecular Hbond substituents is 1. The Hall–Kier alpha value is -4.48. The first-order valence-corrected chi connectivity index (χ1v) is 23.4. The van der Waals surface area contributed by atoms with Crippen LogP contribution in [-0.4, -0.2) is 10.1 Å². The van der Waals surface area contributed by atoms with E-state index in [1.54, 1.807) is 6.07 Å². The molecule has 8 rings (SSSR count). The van der Waals surface area contributed by atoms with Crippen LogP contribution in [0.1, 0.15) is 148 Å². The number of phenols is 1. The van der Waals surface area contributed by atoms with E-state index in [9.17, 15) is 5.11 Å². The molecule has 0 saturated heterocycles. The monoisotopic (exact) mass is 1030 g/mol. The molecule has 0 amide bonds. The molecule has 7 aromatic rings. The second-order valence-corrected chi connectivity index (χ2v) is 21.6. The van der Waals surface area contributed by atoms with Crippen LogP contribution < -0.4 is 9.80 Å². The predicted molar refractivity (Wildman–Crippen MR) is 270 cm³/mol. The van der Waals surface area contributed by atoms with Gasteiger partial charge in [0.25, 0.3) is 0 Å². The minimum absolute atomic E-state index is 0. The summed E-state index contributed by atoms with van der Waals surface area (Å²) in [6.07, 6.45) is 7.19. The van der Waals surface area contributed by atoms with E-state index in [4.69, 9.17) is 4.98 Å². The average molecular weight is 1030 g/mol. The Morgan fingerprint density at radius 2 is 1.32 bits per heavy atom. The molecule has 1 N–H and O–H groups in total. The van der Waals surface area contributed by atoms with Gasteiger partial charge in [0.05, 0.1) is 5.69 Å². The first kappa shape index (κ1) is 48.0. The SMILES string of the molecule is CC(C)Cc1cccc2c1sc1c(-c3[c-]c4ccccc4c(C(C)(C)C)c3)nccc12.CC(C)c1cc(C(C)C)c(N2C=CN(c3cc(C(C)(C)C)ccc3O)[CH-]2)c(C(C)C)c1.[Ir]. The number of aromatic hydroxyl groups is 1. The molecular weight excluding hydrogens is 967 g/mol. The summed E-state index contributed by atoms with van der Waals surface area (Å²) in [6, 6.07) is 34.1. The molecule has 63 heavy (non-hydrogen) atoms. The molecule has 1 aliphatic rings. The van der Waals surface area contributed by atoms with Gasteiger partial charge < -0.3 is 14.9 Å². The minimum Gasteiger partial charge on any atom is -0.506 e. The van der Waals surface area contributed by atoms with E-state index in [0.29, 0.717) is 29.4 Å². The Balaban J connectivity index is 0.000000206. The maximum Gasteiger partial charge on any atom is 0.136 e. The number of nitrogens with zero attached hydrogens (tertiary/aromatic N) is 3. The fraction of sp³-hybridized carbons (Fsp3) is 0.368. The van der Waals surface area contributed by atoms with Gasteiger partial charge in [0.2, 0.25) is 0 Å². The van der Waals surface area contributed by atoms with Gasteiger partial charge in [-0.1, -0.05) is 162 Å². The average Bonchev–Trinajstić information content (AvgIpc) is 3.85. The van der Waals surface area contributed by atoms with Crippen molar-refractivity contribution >= 4 is 53.7 Å². The van der Waals surface area contributed by atoms with Crippen LogP contribution in [0.3, 0.4) is 0 Å². The molecule has 0 saturated carbocycles.